The zero-order chi connectivity index (χ0) is 32.5. The van der Waals surface area contributed by atoms with E-state index in [0.717, 1.165) is 93.1 Å². The van der Waals surface area contributed by atoms with Crippen molar-refractivity contribution in [3.63, 3.8) is 0 Å². The minimum absolute atomic E-state index is 0.852. The highest BCUT2D eigenvalue weighted by Crippen LogP contribution is 2.51. The number of fused-ring (bicyclic) bond motifs is 14. The Kier molecular flexibility index (Phi) is 5.12. The van der Waals surface area contributed by atoms with E-state index in [2.05, 4.69) is 121 Å². The normalized spacial score (nSPS) is 12.4. The quantitative estimate of drug-likeness (QED) is 0.174. The van der Waals surface area contributed by atoms with Gasteiger partial charge in [0, 0.05) is 69.4 Å². The average molecular weight is 657 g/mol. The second-order valence-electron chi connectivity index (χ2n) is 13.1. The average Bonchev–Trinajstić information content (AvgIpc) is 3.94. The lowest BCUT2D eigenvalue weighted by atomic mass is 9.85. The molecule has 0 spiro atoms. The minimum Gasteiger partial charge on any atom is -0.464 e. The molecule has 12 aromatic rings. The molecular formula is C46H24O3S. The SMILES string of the molecule is c1ccc2c(c1)oc1cc(-c3c4ccccc4c(-c4coc5ccc6sc7ccccc7c6c45)c4ccccc34)c3oc4ccccc4c3c12. The van der Waals surface area contributed by atoms with Crippen molar-refractivity contribution >= 4 is 108 Å². The van der Waals surface area contributed by atoms with Crippen LogP contribution in [0.25, 0.3) is 119 Å². The fourth-order valence-corrected chi connectivity index (χ4v) is 9.64. The summed E-state index contributed by atoms with van der Waals surface area (Å²) in [5, 5.41) is 12.6. The molecule has 8 aromatic carbocycles. The van der Waals surface area contributed by atoms with E-state index in [0.29, 0.717) is 0 Å². The minimum atomic E-state index is 0.852. The first kappa shape index (κ1) is 26.6. The molecule has 0 saturated carbocycles. The van der Waals surface area contributed by atoms with Crippen molar-refractivity contribution in [1.82, 2.24) is 0 Å². The molecule has 4 aromatic heterocycles. The van der Waals surface area contributed by atoms with Crippen molar-refractivity contribution in [1.29, 1.82) is 0 Å². The maximum Gasteiger partial charge on any atom is 0.144 e. The first-order chi connectivity index (χ1) is 24.8. The van der Waals surface area contributed by atoms with Crippen LogP contribution in [-0.2, 0) is 0 Å². The van der Waals surface area contributed by atoms with Crippen LogP contribution in [0.15, 0.2) is 159 Å². The third kappa shape index (κ3) is 3.38. The molecule has 0 atom stereocenters. The molecule has 0 fully saturated rings. The van der Waals surface area contributed by atoms with Crippen LogP contribution in [0, 0.1) is 0 Å². The van der Waals surface area contributed by atoms with Gasteiger partial charge in [-0.3, -0.25) is 0 Å². The molecule has 4 heterocycles. The van der Waals surface area contributed by atoms with Gasteiger partial charge >= 0.3 is 0 Å². The summed E-state index contributed by atoms with van der Waals surface area (Å²) in [5.74, 6) is 0. The Balaban J connectivity index is 1.27. The van der Waals surface area contributed by atoms with Crippen LogP contribution in [0.3, 0.4) is 0 Å². The number of thiophene rings is 1. The van der Waals surface area contributed by atoms with Crippen molar-refractivity contribution in [2.24, 2.45) is 0 Å². The molecule has 0 aliphatic carbocycles. The number of para-hydroxylation sites is 2. The van der Waals surface area contributed by atoms with Crippen LogP contribution in [0.1, 0.15) is 0 Å². The van der Waals surface area contributed by atoms with Gasteiger partial charge in [-0.2, -0.15) is 0 Å². The Labute approximate surface area is 288 Å². The van der Waals surface area contributed by atoms with Gasteiger partial charge in [0.25, 0.3) is 0 Å². The molecule has 0 bridgehead atoms. The summed E-state index contributed by atoms with van der Waals surface area (Å²) in [6, 6.07) is 49.4. The highest BCUT2D eigenvalue weighted by atomic mass is 32.1. The number of hydrogen-bond acceptors (Lipinski definition) is 4. The van der Waals surface area contributed by atoms with E-state index in [1.54, 1.807) is 0 Å². The molecular weight excluding hydrogens is 633 g/mol. The summed E-state index contributed by atoms with van der Waals surface area (Å²) in [6.07, 6.45) is 1.96. The summed E-state index contributed by atoms with van der Waals surface area (Å²) in [5.41, 5.74) is 8.78. The number of benzene rings is 8. The van der Waals surface area contributed by atoms with E-state index in [1.807, 2.05) is 35.8 Å². The van der Waals surface area contributed by atoms with E-state index in [1.165, 1.54) is 25.7 Å². The lowest BCUT2D eigenvalue weighted by molar-refractivity contribution is 0.617. The van der Waals surface area contributed by atoms with Crippen molar-refractivity contribution in [2.45, 2.75) is 0 Å². The lowest BCUT2D eigenvalue weighted by Gasteiger charge is -2.17. The van der Waals surface area contributed by atoms with Gasteiger partial charge in [0.1, 0.15) is 27.9 Å². The molecule has 0 N–H and O–H groups in total. The van der Waals surface area contributed by atoms with Crippen molar-refractivity contribution in [3.05, 3.63) is 146 Å². The molecule has 0 amide bonds. The van der Waals surface area contributed by atoms with Gasteiger partial charge in [0.2, 0.25) is 0 Å². The molecule has 0 aliphatic rings. The number of rotatable bonds is 2. The van der Waals surface area contributed by atoms with Gasteiger partial charge in [-0.25, -0.2) is 0 Å². The lowest BCUT2D eigenvalue weighted by Crippen LogP contribution is -1.91. The molecule has 12 rings (SSSR count). The Morgan fingerprint density at radius 2 is 0.920 bits per heavy atom. The summed E-state index contributed by atoms with van der Waals surface area (Å²) < 4.78 is 22.4. The van der Waals surface area contributed by atoms with Crippen LogP contribution in [0.5, 0.6) is 0 Å². The van der Waals surface area contributed by atoms with E-state index in [9.17, 15) is 0 Å². The molecule has 50 heavy (non-hydrogen) atoms. The standard InChI is InChI=1S/C46H24O3S/c1-3-13-27-25(11-1)40(32-23-37-42(29-15-5-8-18-34(29)48-37)45-30-16-6-9-19-35(30)49-46(32)45)26-12-2-4-14-28(26)41(27)33-24-47-36-21-22-39-44(43(33)36)31-17-7-10-20-38(31)50-39/h1-24H. The first-order valence-electron chi connectivity index (χ1n) is 16.8. The Bertz CT molecular complexity index is 3330. The summed E-state index contributed by atoms with van der Waals surface area (Å²) in [6.45, 7) is 0. The Hall–Kier alpha value is -6.36. The van der Waals surface area contributed by atoms with Gasteiger partial charge in [0.05, 0.1) is 6.26 Å². The highest BCUT2D eigenvalue weighted by molar-refractivity contribution is 7.26. The largest absolute Gasteiger partial charge is 0.464 e. The third-order valence-electron chi connectivity index (χ3n) is 10.5. The Morgan fingerprint density at radius 3 is 1.62 bits per heavy atom. The predicted octanol–water partition coefficient (Wildman–Crippen LogP) is 14.2. The summed E-state index contributed by atoms with van der Waals surface area (Å²) >= 11 is 1.83. The van der Waals surface area contributed by atoms with Crippen molar-refractivity contribution in [3.8, 4) is 22.3 Å². The van der Waals surface area contributed by atoms with Gasteiger partial charge in [0.15, 0.2) is 0 Å². The zero-order valence-electron chi connectivity index (χ0n) is 26.5. The van der Waals surface area contributed by atoms with E-state index in [-0.39, 0.29) is 0 Å². The second-order valence-corrected chi connectivity index (χ2v) is 14.2. The van der Waals surface area contributed by atoms with E-state index < -0.39 is 0 Å². The molecule has 0 aliphatic heterocycles. The van der Waals surface area contributed by atoms with Crippen LogP contribution < -0.4 is 0 Å². The van der Waals surface area contributed by atoms with Gasteiger partial charge in [-0.1, -0.05) is 103 Å². The maximum atomic E-state index is 6.85. The second kappa shape index (κ2) is 9.63. The predicted molar refractivity (Wildman–Crippen MR) is 210 cm³/mol. The fraction of sp³-hybridized carbons (Fsp3) is 0. The topological polar surface area (TPSA) is 39.4 Å². The van der Waals surface area contributed by atoms with E-state index in [4.69, 9.17) is 13.3 Å². The molecule has 232 valence electrons. The molecule has 0 saturated heterocycles. The van der Waals surface area contributed by atoms with Crippen molar-refractivity contribution < 1.29 is 13.3 Å². The molecule has 3 nitrogen and oxygen atoms in total. The summed E-state index contributed by atoms with van der Waals surface area (Å²) in [7, 11) is 0. The monoisotopic (exact) mass is 656 g/mol. The van der Waals surface area contributed by atoms with Gasteiger partial charge < -0.3 is 13.3 Å². The smallest absolute Gasteiger partial charge is 0.144 e. The number of furan rings is 3. The van der Waals surface area contributed by atoms with Crippen LogP contribution in [0.4, 0.5) is 0 Å². The van der Waals surface area contributed by atoms with Gasteiger partial charge in [-0.05, 0) is 57.9 Å². The van der Waals surface area contributed by atoms with Crippen molar-refractivity contribution in [2.75, 3.05) is 0 Å². The number of hydrogen-bond donors (Lipinski definition) is 0. The first-order valence-corrected chi connectivity index (χ1v) is 17.6. The van der Waals surface area contributed by atoms with Gasteiger partial charge in [-0.15, -0.1) is 11.3 Å². The molecule has 0 unspecified atom stereocenters. The van der Waals surface area contributed by atoms with E-state index >= 15 is 0 Å². The third-order valence-corrected chi connectivity index (χ3v) is 11.7. The Morgan fingerprint density at radius 1 is 0.360 bits per heavy atom. The maximum absolute atomic E-state index is 6.85. The summed E-state index contributed by atoms with van der Waals surface area (Å²) in [4.78, 5) is 0. The molecule has 4 heteroatoms. The van der Waals surface area contributed by atoms with Crippen LogP contribution in [0.2, 0.25) is 0 Å². The highest BCUT2D eigenvalue weighted by Gasteiger charge is 2.26. The fourth-order valence-electron chi connectivity index (χ4n) is 8.53. The van der Waals surface area contributed by atoms with Crippen LogP contribution in [-0.4, -0.2) is 0 Å². The van der Waals surface area contributed by atoms with Crippen LogP contribution >= 0.6 is 11.3 Å². The zero-order valence-corrected chi connectivity index (χ0v) is 27.3. The molecule has 0 radical (unpaired) electrons.